The molecule has 0 heterocycles. The van der Waals surface area contributed by atoms with Crippen LogP contribution < -0.4 is 10.1 Å². The van der Waals surface area contributed by atoms with Crippen LogP contribution in [0.4, 0.5) is 0 Å². The summed E-state index contributed by atoms with van der Waals surface area (Å²) in [5, 5.41) is 12.0. The van der Waals surface area contributed by atoms with Crippen molar-refractivity contribution < 1.29 is 14.6 Å². The normalized spacial score (nSPS) is 22.2. The Kier molecular flexibility index (Phi) is 3.64. The number of rotatable bonds is 6. The molecule has 0 radical (unpaired) electrons. The monoisotopic (exact) mass is 235 g/mol. The number of ether oxygens (including phenoxy) is 1. The predicted molar refractivity (Wildman–Crippen MR) is 63.9 cm³/mol. The van der Waals surface area contributed by atoms with Crippen molar-refractivity contribution in [2.45, 2.75) is 13.0 Å². The summed E-state index contributed by atoms with van der Waals surface area (Å²) in [5.41, 5.74) is 1.18. The van der Waals surface area contributed by atoms with Gasteiger partial charge in [-0.25, -0.2) is 0 Å². The lowest BCUT2D eigenvalue weighted by Crippen LogP contribution is -2.18. The summed E-state index contributed by atoms with van der Waals surface area (Å²) in [6.07, 6.45) is 0.810. The van der Waals surface area contributed by atoms with Crippen LogP contribution in [0.25, 0.3) is 0 Å². The first-order chi connectivity index (χ1) is 8.20. The van der Waals surface area contributed by atoms with Gasteiger partial charge in [0.15, 0.2) is 0 Å². The molecule has 1 saturated carbocycles. The van der Waals surface area contributed by atoms with E-state index in [0.29, 0.717) is 5.92 Å². The van der Waals surface area contributed by atoms with E-state index >= 15 is 0 Å². The van der Waals surface area contributed by atoms with E-state index in [-0.39, 0.29) is 5.92 Å². The average molecular weight is 235 g/mol. The zero-order valence-electron chi connectivity index (χ0n) is 9.85. The van der Waals surface area contributed by atoms with Gasteiger partial charge in [-0.3, -0.25) is 4.79 Å². The van der Waals surface area contributed by atoms with Crippen molar-refractivity contribution in [3.8, 4) is 5.75 Å². The molecule has 0 aliphatic heterocycles. The van der Waals surface area contributed by atoms with Gasteiger partial charge in [-0.05, 0) is 36.6 Å². The van der Waals surface area contributed by atoms with Crippen LogP contribution in [0.1, 0.15) is 12.0 Å². The number of carbonyl (C=O) groups is 1. The summed E-state index contributed by atoms with van der Waals surface area (Å²) in [6.45, 7) is 1.55. The fourth-order valence-corrected chi connectivity index (χ4v) is 1.92. The van der Waals surface area contributed by atoms with Crippen molar-refractivity contribution in [3.05, 3.63) is 29.8 Å². The molecule has 1 fully saturated rings. The molecule has 1 aliphatic carbocycles. The van der Waals surface area contributed by atoms with Crippen LogP contribution in [0.3, 0.4) is 0 Å². The van der Waals surface area contributed by atoms with Gasteiger partial charge in [0.1, 0.15) is 5.75 Å². The number of benzene rings is 1. The number of methoxy groups -OCH3 is 1. The number of hydrogen-bond donors (Lipinski definition) is 2. The van der Waals surface area contributed by atoms with Crippen molar-refractivity contribution in [1.29, 1.82) is 0 Å². The minimum atomic E-state index is -0.666. The maximum atomic E-state index is 10.6. The third-order valence-electron chi connectivity index (χ3n) is 3.13. The van der Waals surface area contributed by atoms with Gasteiger partial charge in [0.05, 0.1) is 13.0 Å². The molecule has 2 N–H and O–H groups in total. The number of nitrogens with one attached hydrogen (secondary N) is 1. The highest BCUT2D eigenvalue weighted by Gasteiger charge is 2.42. The first-order valence-corrected chi connectivity index (χ1v) is 5.77. The van der Waals surface area contributed by atoms with Gasteiger partial charge in [0.25, 0.3) is 0 Å². The Balaban J connectivity index is 1.70. The quantitative estimate of drug-likeness (QED) is 0.784. The molecule has 2 rings (SSSR count). The highest BCUT2D eigenvalue weighted by Crippen LogP contribution is 2.37. The van der Waals surface area contributed by atoms with Crippen LogP contribution in [0.5, 0.6) is 5.75 Å². The maximum absolute atomic E-state index is 10.6. The Labute approximate surface area is 101 Å². The summed E-state index contributed by atoms with van der Waals surface area (Å²) >= 11 is 0. The van der Waals surface area contributed by atoms with Gasteiger partial charge in [0, 0.05) is 6.54 Å². The van der Waals surface area contributed by atoms with Crippen LogP contribution in [0.2, 0.25) is 0 Å². The Hall–Kier alpha value is -1.55. The third-order valence-corrected chi connectivity index (χ3v) is 3.13. The second-order valence-electron chi connectivity index (χ2n) is 4.42. The maximum Gasteiger partial charge on any atom is 0.306 e. The van der Waals surface area contributed by atoms with Gasteiger partial charge < -0.3 is 15.2 Å². The standard InChI is InChI=1S/C13H17NO3/c1-17-11-4-2-9(3-5-11)7-14-8-10-6-12(10)13(15)16/h2-5,10,12,14H,6-8H2,1H3,(H,15,16). The van der Waals surface area contributed by atoms with E-state index in [1.54, 1.807) is 7.11 Å². The first kappa shape index (κ1) is 11.9. The molecule has 0 bridgehead atoms. The minimum absolute atomic E-state index is 0.127. The molecule has 0 spiro atoms. The Bertz CT molecular complexity index is 388. The van der Waals surface area contributed by atoms with Crippen LogP contribution in [0, 0.1) is 11.8 Å². The number of carboxylic acids is 1. The molecule has 1 aromatic rings. The van der Waals surface area contributed by atoms with E-state index in [9.17, 15) is 4.79 Å². The van der Waals surface area contributed by atoms with Gasteiger partial charge in [-0.1, -0.05) is 12.1 Å². The van der Waals surface area contributed by atoms with Crippen LogP contribution in [0.15, 0.2) is 24.3 Å². The Morgan fingerprint density at radius 2 is 2.18 bits per heavy atom. The summed E-state index contributed by atoms with van der Waals surface area (Å²) < 4.78 is 5.08. The van der Waals surface area contributed by atoms with Crippen molar-refractivity contribution in [1.82, 2.24) is 5.32 Å². The molecule has 0 saturated heterocycles. The summed E-state index contributed by atoms with van der Waals surface area (Å²) in [4.78, 5) is 10.6. The molecule has 2 atom stereocenters. The van der Waals surface area contributed by atoms with Crippen molar-refractivity contribution in [3.63, 3.8) is 0 Å². The van der Waals surface area contributed by atoms with E-state index in [4.69, 9.17) is 9.84 Å². The molecule has 17 heavy (non-hydrogen) atoms. The van der Waals surface area contributed by atoms with Gasteiger partial charge >= 0.3 is 5.97 Å². The highest BCUT2D eigenvalue weighted by molar-refractivity contribution is 5.73. The third kappa shape index (κ3) is 3.20. The number of hydrogen-bond acceptors (Lipinski definition) is 3. The molecule has 2 unspecified atom stereocenters. The Morgan fingerprint density at radius 3 is 2.71 bits per heavy atom. The van der Waals surface area contributed by atoms with E-state index in [2.05, 4.69) is 5.32 Å². The lowest BCUT2D eigenvalue weighted by molar-refractivity contribution is -0.138. The predicted octanol–water partition coefficient (Wildman–Crippen LogP) is 1.51. The van der Waals surface area contributed by atoms with Crippen LogP contribution >= 0.6 is 0 Å². The summed E-state index contributed by atoms with van der Waals surface area (Å²) in [6, 6.07) is 7.86. The molecule has 1 aromatic carbocycles. The molecule has 4 heteroatoms. The lowest BCUT2D eigenvalue weighted by Gasteiger charge is -2.05. The van der Waals surface area contributed by atoms with Crippen molar-refractivity contribution in [2.24, 2.45) is 11.8 Å². The van der Waals surface area contributed by atoms with Crippen LogP contribution in [-0.4, -0.2) is 24.7 Å². The van der Waals surface area contributed by atoms with E-state index in [1.165, 1.54) is 5.56 Å². The first-order valence-electron chi connectivity index (χ1n) is 5.77. The molecule has 92 valence electrons. The largest absolute Gasteiger partial charge is 0.497 e. The number of carboxylic acid groups (broad SMARTS) is 1. The van der Waals surface area contributed by atoms with Crippen LogP contribution in [-0.2, 0) is 11.3 Å². The zero-order valence-corrected chi connectivity index (χ0v) is 9.85. The lowest BCUT2D eigenvalue weighted by atomic mass is 10.2. The van der Waals surface area contributed by atoms with Crippen molar-refractivity contribution >= 4 is 5.97 Å². The molecular formula is C13H17NO3. The molecule has 0 amide bonds. The summed E-state index contributed by atoms with van der Waals surface area (Å²) in [7, 11) is 1.65. The molecule has 4 nitrogen and oxygen atoms in total. The fraction of sp³-hybridized carbons (Fsp3) is 0.462. The van der Waals surface area contributed by atoms with E-state index in [1.807, 2.05) is 24.3 Å². The second kappa shape index (κ2) is 5.19. The van der Waals surface area contributed by atoms with Gasteiger partial charge in [-0.15, -0.1) is 0 Å². The van der Waals surface area contributed by atoms with Gasteiger partial charge in [-0.2, -0.15) is 0 Å². The van der Waals surface area contributed by atoms with Crippen molar-refractivity contribution in [2.75, 3.05) is 13.7 Å². The molecule has 1 aliphatic rings. The van der Waals surface area contributed by atoms with E-state index in [0.717, 1.165) is 25.3 Å². The number of aliphatic carboxylic acids is 1. The molecule has 0 aromatic heterocycles. The molecular weight excluding hydrogens is 218 g/mol. The SMILES string of the molecule is COc1ccc(CNCC2CC2C(=O)O)cc1. The summed E-state index contributed by atoms with van der Waals surface area (Å²) in [5.74, 6) is 0.368. The van der Waals surface area contributed by atoms with Gasteiger partial charge in [0.2, 0.25) is 0 Å². The smallest absolute Gasteiger partial charge is 0.306 e. The topological polar surface area (TPSA) is 58.6 Å². The van der Waals surface area contributed by atoms with E-state index < -0.39 is 5.97 Å². The minimum Gasteiger partial charge on any atom is -0.497 e. The Morgan fingerprint density at radius 1 is 1.47 bits per heavy atom. The second-order valence-corrected chi connectivity index (χ2v) is 4.42. The average Bonchev–Trinajstić information content (AvgIpc) is 3.10. The zero-order chi connectivity index (χ0) is 12.3. The fourth-order valence-electron chi connectivity index (χ4n) is 1.92. The highest BCUT2D eigenvalue weighted by atomic mass is 16.5.